The van der Waals surface area contributed by atoms with E-state index in [1.165, 1.54) is 31.9 Å². The molecule has 0 saturated heterocycles. The Morgan fingerprint density at radius 3 is 2.81 bits per heavy atom. The molecule has 0 amide bonds. The predicted octanol–water partition coefficient (Wildman–Crippen LogP) is 4.38. The molecular weight excluding hydrogens is 263 g/mol. The lowest BCUT2D eigenvalue weighted by molar-refractivity contribution is 0.223. The van der Waals surface area contributed by atoms with Gasteiger partial charge in [0.1, 0.15) is 5.82 Å². The van der Waals surface area contributed by atoms with Crippen molar-refractivity contribution in [3.8, 4) is 0 Å². The molecule has 0 spiro atoms. The normalized spacial score (nSPS) is 26.2. The Kier molecular flexibility index (Phi) is 6.16. The molecule has 0 bridgehead atoms. The molecule has 2 nitrogen and oxygen atoms in total. The van der Waals surface area contributed by atoms with Gasteiger partial charge in [-0.15, -0.1) is 0 Å². The lowest BCUT2D eigenvalue weighted by Crippen LogP contribution is -2.33. The van der Waals surface area contributed by atoms with Gasteiger partial charge in [0.05, 0.1) is 6.20 Å². The Morgan fingerprint density at radius 1 is 1.33 bits per heavy atom. The molecule has 1 aromatic heterocycles. The van der Waals surface area contributed by atoms with Crippen LogP contribution in [0.25, 0.3) is 0 Å². The van der Waals surface area contributed by atoms with Gasteiger partial charge in [-0.1, -0.05) is 33.6 Å². The summed E-state index contributed by atoms with van der Waals surface area (Å²) in [6.07, 6.45) is 8.12. The minimum absolute atomic E-state index is 0.208. The highest BCUT2D eigenvalue weighted by Gasteiger charge is 2.31. The maximum absolute atomic E-state index is 13.5. The third kappa shape index (κ3) is 4.77. The van der Waals surface area contributed by atoms with Crippen LogP contribution in [0.2, 0.25) is 0 Å². The van der Waals surface area contributed by atoms with E-state index in [9.17, 15) is 4.39 Å². The van der Waals surface area contributed by atoms with Gasteiger partial charge < -0.3 is 5.32 Å². The largest absolute Gasteiger partial charge is 0.316 e. The number of rotatable bonds is 6. The minimum atomic E-state index is -0.208. The van der Waals surface area contributed by atoms with Crippen molar-refractivity contribution >= 4 is 0 Å². The molecule has 118 valence electrons. The highest BCUT2D eigenvalue weighted by atomic mass is 19.1. The quantitative estimate of drug-likeness (QED) is 0.842. The van der Waals surface area contributed by atoms with Crippen molar-refractivity contribution in [2.24, 2.45) is 17.8 Å². The number of hydrogen-bond acceptors (Lipinski definition) is 2. The van der Waals surface area contributed by atoms with Crippen LogP contribution in [-0.2, 0) is 0 Å². The summed E-state index contributed by atoms with van der Waals surface area (Å²) in [5.74, 6) is 2.30. The van der Waals surface area contributed by atoms with Crippen LogP contribution in [0.1, 0.15) is 57.9 Å². The Hall–Kier alpha value is -0.960. The molecule has 1 aliphatic rings. The molecule has 1 fully saturated rings. The fourth-order valence-corrected chi connectivity index (χ4v) is 3.53. The first-order chi connectivity index (χ1) is 10.1. The summed E-state index contributed by atoms with van der Waals surface area (Å²) >= 11 is 0. The third-order valence-electron chi connectivity index (χ3n) is 4.79. The average Bonchev–Trinajstić information content (AvgIpc) is 2.47. The van der Waals surface area contributed by atoms with Crippen molar-refractivity contribution in [2.45, 2.75) is 52.4 Å². The molecule has 0 aliphatic heterocycles. The fraction of sp³-hybridized carbons (Fsp3) is 0.722. The van der Waals surface area contributed by atoms with Crippen LogP contribution in [0.5, 0.6) is 0 Å². The Labute approximate surface area is 128 Å². The molecule has 1 aliphatic carbocycles. The topological polar surface area (TPSA) is 24.9 Å². The molecule has 3 unspecified atom stereocenters. The molecule has 0 radical (unpaired) electrons. The number of pyridine rings is 1. The van der Waals surface area contributed by atoms with E-state index in [0.717, 1.165) is 24.6 Å². The summed E-state index contributed by atoms with van der Waals surface area (Å²) in [5.41, 5.74) is 1.09. The number of halogens is 1. The van der Waals surface area contributed by atoms with Gasteiger partial charge in [0.2, 0.25) is 0 Å². The average molecular weight is 292 g/mol. The maximum Gasteiger partial charge on any atom is 0.141 e. The van der Waals surface area contributed by atoms with Crippen molar-refractivity contribution in [1.82, 2.24) is 10.3 Å². The van der Waals surface area contributed by atoms with Crippen LogP contribution in [0, 0.1) is 23.6 Å². The van der Waals surface area contributed by atoms with Crippen molar-refractivity contribution in [1.29, 1.82) is 0 Å². The van der Waals surface area contributed by atoms with Gasteiger partial charge in [0.15, 0.2) is 0 Å². The zero-order valence-corrected chi connectivity index (χ0v) is 13.6. The van der Waals surface area contributed by atoms with Crippen molar-refractivity contribution < 1.29 is 4.39 Å². The van der Waals surface area contributed by atoms with E-state index in [1.54, 1.807) is 6.07 Å². The SMILES string of the molecule is CCC1CCC(CNCC(C)C)C(c2cncc(F)c2)C1. The van der Waals surface area contributed by atoms with E-state index in [2.05, 4.69) is 31.1 Å². The molecule has 21 heavy (non-hydrogen) atoms. The first kappa shape index (κ1) is 16.4. The number of nitrogens with one attached hydrogen (secondary N) is 1. The lowest BCUT2D eigenvalue weighted by Gasteiger charge is -2.36. The Balaban J connectivity index is 2.06. The summed E-state index contributed by atoms with van der Waals surface area (Å²) in [6.45, 7) is 8.82. The molecule has 1 N–H and O–H groups in total. The van der Waals surface area contributed by atoms with Gasteiger partial charge in [-0.25, -0.2) is 4.39 Å². The Morgan fingerprint density at radius 2 is 2.14 bits per heavy atom. The van der Waals surface area contributed by atoms with Gasteiger partial charge in [-0.3, -0.25) is 4.98 Å². The van der Waals surface area contributed by atoms with Gasteiger partial charge in [0, 0.05) is 6.20 Å². The molecule has 1 heterocycles. The molecule has 3 heteroatoms. The maximum atomic E-state index is 13.5. The highest BCUT2D eigenvalue weighted by molar-refractivity contribution is 5.18. The van der Waals surface area contributed by atoms with E-state index in [4.69, 9.17) is 0 Å². The van der Waals surface area contributed by atoms with Gasteiger partial charge >= 0.3 is 0 Å². The first-order valence-electron chi connectivity index (χ1n) is 8.41. The smallest absolute Gasteiger partial charge is 0.141 e. The number of aromatic nitrogens is 1. The van der Waals surface area contributed by atoms with Crippen LogP contribution in [0.3, 0.4) is 0 Å². The first-order valence-corrected chi connectivity index (χ1v) is 8.41. The summed E-state index contributed by atoms with van der Waals surface area (Å²) in [7, 11) is 0. The van der Waals surface area contributed by atoms with E-state index < -0.39 is 0 Å². The van der Waals surface area contributed by atoms with Crippen molar-refractivity contribution in [3.05, 3.63) is 29.8 Å². The van der Waals surface area contributed by atoms with Crippen LogP contribution in [0.15, 0.2) is 18.5 Å². The third-order valence-corrected chi connectivity index (χ3v) is 4.79. The van der Waals surface area contributed by atoms with Crippen LogP contribution in [-0.4, -0.2) is 18.1 Å². The molecule has 0 aromatic carbocycles. The fourth-order valence-electron chi connectivity index (χ4n) is 3.53. The molecule has 1 aromatic rings. The zero-order valence-electron chi connectivity index (χ0n) is 13.6. The van der Waals surface area contributed by atoms with Gasteiger partial charge in [0.25, 0.3) is 0 Å². The standard InChI is InChI=1S/C18H29FN2/c1-4-14-5-6-15(10-20-9-13(2)3)18(7-14)16-8-17(19)12-21-11-16/h8,11-15,18,20H,4-7,9-10H2,1-3H3. The zero-order chi connectivity index (χ0) is 15.2. The molecule has 3 atom stereocenters. The molecule has 2 rings (SSSR count). The Bertz CT molecular complexity index is 433. The van der Waals surface area contributed by atoms with Crippen molar-refractivity contribution in [2.75, 3.05) is 13.1 Å². The van der Waals surface area contributed by atoms with E-state index in [1.807, 2.05) is 6.20 Å². The van der Waals surface area contributed by atoms with Crippen molar-refractivity contribution in [3.63, 3.8) is 0 Å². The number of hydrogen-bond donors (Lipinski definition) is 1. The second kappa shape index (κ2) is 7.88. The monoisotopic (exact) mass is 292 g/mol. The minimum Gasteiger partial charge on any atom is -0.316 e. The van der Waals surface area contributed by atoms with E-state index in [0.29, 0.717) is 17.8 Å². The summed E-state index contributed by atoms with van der Waals surface area (Å²) in [6, 6.07) is 1.69. The van der Waals surface area contributed by atoms with E-state index >= 15 is 0 Å². The van der Waals surface area contributed by atoms with E-state index in [-0.39, 0.29) is 5.82 Å². The molecule has 1 saturated carbocycles. The second-order valence-electron chi connectivity index (χ2n) is 6.94. The predicted molar refractivity (Wildman–Crippen MR) is 85.8 cm³/mol. The summed E-state index contributed by atoms with van der Waals surface area (Å²) in [5, 5.41) is 3.59. The van der Waals surface area contributed by atoms with Crippen LogP contribution in [0.4, 0.5) is 4.39 Å². The summed E-state index contributed by atoms with van der Waals surface area (Å²) in [4.78, 5) is 4.06. The van der Waals surface area contributed by atoms with Gasteiger partial charge in [-0.2, -0.15) is 0 Å². The van der Waals surface area contributed by atoms with Gasteiger partial charge in [-0.05, 0) is 61.2 Å². The number of nitrogens with zero attached hydrogens (tertiary/aromatic N) is 1. The summed E-state index contributed by atoms with van der Waals surface area (Å²) < 4.78 is 13.5. The molecular formula is C18H29FN2. The lowest BCUT2D eigenvalue weighted by atomic mass is 9.70. The van der Waals surface area contributed by atoms with Crippen LogP contribution < -0.4 is 5.32 Å². The highest BCUT2D eigenvalue weighted by Crippen LogP contribution is 2.41. The second-order valence-corrected chi connectivity index (χ2v) is 6.94. The van der Waals surface area contributed by atoms with Crippen LogP contribution >= 0.6 is 0 Å².